The first-order valence-corrected chi connectivity index (χ1v) is 6.61. The number of pyridine rings is 1. The van der Waals surface area contributed by atoms with Crippen LogP contribution in [0.1, 0.15) is 35.4 Å². The van der Waals surface area contributed by atoms with Crippen LogP contribution in [0.3, 0.4) is 0 Å². The van der Waals surface area contributed by atoms with E-state index in [1.165, 1.54) is 4.57 Å². The molecule has 0 bridgehead atoms. The van der Waals surface area contributed by atoms with Gasteiger partial charge in [0.1, 0.15) is 0 Å². The Morgan fingerprint density at radius 3 is 2.71 bits per heavy atom. The molecule has 0 radical (unpaired) electrons. The molecule has 0 aliphatic heterocycles. The molecule has 6 nitrogen and oxygen atoms in total. The van der Waals surface area contributed by atoms with Gasteiger partial charge in [0.25, 0.3) is 0 Å². The molecule has 0 amide bonds. The minimum Gasteiger partial charge on any atom is -0.481 e. The molecule has 0 saturated carbocycles. The predicted molar refractivity (Wildman–Crippen MR) is 77.4 cm³/mol. The Labute approximate surface area is 122 Å². The van der Waals surface area contributed by atoms with Crippen molar-refractivity contribution in [2.75, 3.05) is 0 Å². The van der Waals surface area contributed by atoms with E-state index in [9.17, 15) is 14.7 Å². The number of nitrogens with zero attached hydrogens (tertiary/aromatic N) is 3. The van der Waals surface area contributed by atoms with E-state index in [-0.39, 0.29) is 5.69 Å². The molecule has 2 rings (SSSR count). The van der Waals surface area contributed by atoms with Crippen LogP contribution in [0.2, 0.25) is 0 Å². The van der Waals surface area contributed by atoms with Crippen molar-refractivity contribution in [3.05, 3.63) is 57.5 Å². The van der Waals surface area contributed by atoms with Crippen LogP contribution >= 0.6 is 0 Å². The highest BCUT2D eigenvalue weighted by Crippen LogP contribution is 2.21. The van der Waals surface area contributed by atoms with Crippen LogP contribution in [-0.4, -0.2) is 25.6 Å². The van der Waals surface area contributed by atoms with Gasteiger partial charge in [-0.15, -0.1) is 0 Å². The maximum atomic E-state index is 12.1. The van der Waals surface area contributed by atoms with Gasteiger partial charge in [-0.2, -0.15) is 4.98 Å². The lowest BCUT2D eigenvalue weighted by Gasteiger charge is -2.17. The third kappa shape index (κ3) is 2.99. The van der Waals surface area contributed by atoms with Crippen LogP contribution < -0.4 is 5.69 Å². The summed E-state index contributed by atoms with van der Waals surface area (Å²) in [4.78, 5) is 31.3. The van der Waals surface area contributed by atoms with Crippen LogP contribution in [0.25, 0.3) is 0 Å². The molecule has 0 aromatic carbocycles. The van der Waals surface area contributed by atoms with Crippen molar-refractivity contribution >= 4 is 5.97 Å². The van der Waals surface area contributed by atoms with Crippen molar-refractivity contribution in [2.24, 2.45) is 0 Å². The van der Waals surface area contributed by atoms with Crippen LogP contribution in [0, 0.1) is 13.8 Å². The molecule has 2 aromatic rings. The first-order chi connectivity index (χ1) is 9.91. The average Bonchev–Trinajstić information content (AvgIpc) is 2.44. The highest BCUT2D eigenvalue weighted by Gasteiger charge is 2.22. The highest BCUT2D eigenvalue weighted by atomic mass is 16.4. The molecule has 21 heavy (non-hydrogen) atoms. The molecule has 0 fully saturated rings. The zero-order chi connectivity index (χ0) is 15.6. The quantitative estimate of drug-likeness (QED) is 0.921. The third-order valence-electron chi connectivity index (χ3n) is 3.55. The first kappa shape index (κ1) is 14.9. The zero-order valence-corrected chi connectivity index (χ0v) is 12.2. The average molecular weight is 287 g/mol. The number of aromatic nitrogens is 3. The van der Waals surface area contributed by atoms with Gasteiger partial charge >= 0.3 is 11.7 Å². The van der Waals surface area contributed by atoms with E-state index >= 15 is 0 Å². The summed E-state index contributed by atoms with van der Waals surface area (Å²) in [5, 5.41) is 9.21. The van der Waals surface area contributed by atoms with Gasteiger partial charge in [0, 0.05) is 29.3 Å². The fourth-order valence-electron chi connectivity index (χ4n) is 2.43. The van der Waals surface area contributed by atoms with Gasteiger partial charge in [-0.25, -0.2) is 4.79 Å². The Morgan fingerprint density at radius 2 is 2.14 bits per heavy atom. The molecular formula is C15H17N3O3. The number of hydrogen-bond acceptors (Lipinski definition) is 4. The number of aliphatic carboxylic acids is 1. The second-order valence-electron chi connectivity index (χ2n) is 4.99. The monoisotopic (exact) mass is 287 g/mol. The summed E-state index contributed by atoms with van der Waals surface area (Å²) in [6.45, 7) is 5.34. The molecule has 1 N–H and O–H groups in total. The van der Waals surface area contributed by atoms with Crippen molar-refractivity contribution in [1.29, 1.82) is 0 Å². The Kier molecular flexibility index (Phi) is 4.16. The summed E-state index contributed by atoms with van der Waals surface area (Å²) in [7, 11) is 0. The van der Waals surface area contributed by atoms with Gasteiger partial charge in [0.2, 0.25) is 0 Å². The zero-order valence-electron chi connectivity index (χ0n) is 12.2. The van der Waals surface area contributed by atoms with Crippen molar-refractivity contribution in [3.63, 3.8) is 0 Å². The normalized spacial score (nSPS) is 12.1. The number of carbonyl (C=O) groups is 1. The SMILES string of the molecule is Cc1nc(=O)n(Cc2cccnc2)c(C)c1C(C)C(=O)O. The lowest BCUT2D eigenvalue weighted by atomic mass is 9.98. The molecule has 0 aliphatic carbocycles. The van der Waals surface area contributed by atoms with Crippen LogP contribution in [0.5, 0.6) is 0 Å². The molecule has 0 saturated heterocycles. The van der Waals surface area contributed by atoms with Crippen LogP contribution in [-0.2, 0) is 11.3 Å². The van der Waals surface area contributed by atoms with Gasteiger partial charge in [0.05, 0.1) is 12.5 Å². The topological polar surface area (TPSA) is 85.1 Å². The largest absolute Gasteiger partial charge is 0.481 e. The maximum Gasteiger partial charge on any atom is 0.348 e. The second kappa shape index (κ2) is 5.87. The summed E-state index contributed by atoms with van der Waals surface area (Å²) in [6, 6.07) is 3.65. The second-order valence-corrected chi connectivity index (χ2v) is 4.99. The fraction of sp³-hybridized carbons (Fsp3) is 0.333. The number of carboxylic acids is 1. The third-order valence-corrected chi connectivity index (χ3v) is 3.55. The molecule has 1 unspecified atom stereocenters. The van der Waals surface area contributed by atoms with E-state index in [0.29, 0.717) is 23.5 Å². The van der Waals surface area contributed by atoms with Gasteiger partial charge < -0.3 is 5.11 Å². The van der Waals surface area contributed by atoms with E-state index in [4.69, 9.17) is 0 Å². The van der Waals surface area contributed by atoms with Gasteiger partial charge in [-0.3, -0.25) is 14.3 Å². The van der Waals surface area contributed by atoms with E-state index in [1.807, 2.05) is 6.07 Å². The number of rotatable bonds is 4. The molecular weight excluding hydrogens is 270 g/mol. The maximum absolute atomic E-state index is 12.1. The molecule has 2 aromatic heterocycles. The minimum absolute atomic E-state index is 0.325. The Morgan fingerprint density at radius 1 is 1.43 bits per heavy atom. The van der Waals surface area contributed by atoms with Gasteiger partial charge in [-0.1, -0.05) is 6.07 Å². The highest BCUT2D eigenvalue weighted by molar-refractivity contribution is 5.76. The van der Waals surface area contributed by atoms with Crippen molar-refractivity contribution in [1.82, 2.24) is 14.5 Å². The number of aryl methyl sites for hydroxylation is 1. The molecule has 0 spiro atoms. The Hall–Kier alpha value is -2.50. The van der Waals surface area contributed by atoms with E-state index in [1.54, 1.807) is 39.2 Å². The molecule has 2 heterocycles. The van der Waals surface area contributed by atoms with Crippen LogP contribution in [0.15, 0.2) is 29.3 Å². The smallest absolute Gasteiger partial charge is 0.348 e. The van der Waals surface area contributed by atoms with Crippen molar-refractivity contribution < 1.29 is 9.90 Å². The summed E-state index contributed by atoms with van der Waals surface area (Å²) in [5.41, 5.74) is 2.17. The van der Waals surface area contributed by atoms with Gasteiger partial charge in [-0.05, 0) is 32.4 Å². The predicted octanol–water partition coefficient (Wildman–Crippen LogP) is 1.49. The first-order valence-electron chi connectivity index (χ1n) is 6.61. The lowest BCUT2D eigenvalue weighted by molar-refractivity contribution is -0.138. The fourth-order valence-corrected chi connectivity index (χ4v) is 2.43. The number of hydrogen-bond donors (Lipinski definition) is 1. The lowest BCUT2D eigenvalue weighted by Crippen LogP contribution is -2.29. The summed E-state index contributed by atoms with van der Waals surface area (Å²) >= 11 is 0. The minimum atomic E-state index is -0.936. The van der Waals surface area contributed by atoms with E-state index in [0.717, 1.165) is 5.56 Å². The Balaban J connectivity index is 2.54. The van der Waals surface area contributed by atoms with Crippen molar-refractivity contribution in [3.8, 4) is 0 Å². The molecule has 6 heteroatoms. The Bertz CT molecular complexity index is 723. The molecule has 110 valence electrons. The summed E-state index contributed by atoms with van der Waals surface area (Å²) < 4.78 is 1.48. The standard InChI is InChI=1S/C15H17N3O3/c1-9(14(19)20)13-10(2)17-15(21)18(11(13)3)8-12-5-4-6-16-7-12/h4-7,9H,8H2,1-3H3,(H,19,20). The van der Waals surface area contributed by atoms with E-state index < -0.39 is 11.9 Å². The molecule has 0 aliphatic rings. The van der Waals surface area contributed by atoms with E-state index in [2.05, 4.69) is 9.97 Å². The van der Waals surface area contributed by atoms with Crippen molar-refractivity contribution in [2.45, 2.75) is 33.2 Å². The molecule has 1 atom stereocenters. The summed E-state index contributed by atoms with van der Waals surface area (Å²) in [6.07, 6.45) is 3.33. The number of carboxylic acid groups (broad SMARTS) is 1. The van der Waals surface area contributed by atoms with Gasteiger partial charge in [0.15, 0.2) is 0 Å². The van der Waals surface area contributed by atoms with Crippen LogP contribution in [0.4, 0.5) is 0 Å². The summed E-state index contributed by atoms with van der Waals surface area (Å²) in [5.74, 6) is -1.65.